The van der Waals surface area contributed by atoms with Crippen LogP contribution in [0.2, 0.25) is 0 Å². The Kier molecular flexibility index (Phi) is 3.93. The van der Waals surface area contributed by atoms with Crippen molar-refractivity contribution in [2.24, 2.45) is 0 Å². The minimum Gasteiger partial charge on any atom is -0.465 e. The SMILES string of the molecule is COC(=O)c1ccc2c(c1)C(=O)N(CCc1ccccc1)C2=O. The Hall–Kier alpha value is -2.95. The molecule has 0 radical (unpaired) electrons. The normalized spacial score (nSPS) is 13.2. The fraction of sp³-hybridized carbons (Fsp3) is 0.167. The van der Waals surface area contributed by atoms with Gasteiger partial charge in [0.15, 0.2) is 0 Å². The molecule has 0 saturated heterocycles. The average Bonchev–Trinajstić information content (AvgIpc) is 2.84. The summed E-state index contributed by atoms with van der Waals surface area (Å²) in [5.74, 6) is -1.22. The standard InChI is InChI=1S/C18H15NO4/c1-23-18(22)13-7-8-14-15(11-13)17(21)19(16(14)20)10-9-12-5-3-2-4-6-12/h2-8,11H,9-10H2,1H3. The average molecular weight is 309 g/mol. The van der Waals surface area contributed by atoms with Crippen LogP contribution < -0.4 is 0 Å². The van der Waals surface area contributed by atoms with E-state index in [1.807, 2.05) is 30.3 Å². The molecule has 0 N–H and O–H groups in total. The number of hydrogen-bond acceptors (Lipinski definition) is 4. The van der Waals surface area contributed by atoms with Gasteiger partial charge in [-0.15, -0.1) is 0 Å². The molecule has 2 amide bonds. The van der Waals surface area contributed by atoms with Gasteiger partial charge >= 0.3 is 5.97 Å². The van der Waals surface area contributed by atoms with Crippen LogP contribution in [-0.2, 0) is 11.2 Å². The molecule has 5 nitrogen and oxygen atoms in total. The number of imide groups is 1. The monoisotopic (exact) mass is 309 g/mol. The van der Waals surface area contributed by atoms with E-state index < -0.39 is 5.97 Å². The van der Waals surface area contributed by atoms with E-state index in [-0.39, 0.29) is 22.9 Å². The summed E-state index contributed by atoms with van der Waals surface area (Å²) >= 11 is 0. The molecule has 1 aliphatic rings. The van der Waals surface area contributed by atoms with Gasteiger partial charge in [0.2, 0.25) is 0 Å². The maximum Gasteiger partial charge on any atom is 0.337 e. The topological polar surface area (TPSA) is 63.7 Å². The molecule has 1 heterocycles. The van der Waals surface area contributed by atoms with Gasteiger partial charge in [0, 0.05) is 6.54 Å². The number of benzene rings is 2. The van der Waals surface area contributed by atoms with Crippen molar-refractivity contribution in [2.45, 2.75) is 6.42 Å². The zero-order chi connectivity index (χ0) is 16.4. The predicted molar refractivity (Wildman–Crippen MR) is 83.3 cm³/mol. The smallest absolute Gasteiger partial charge is 0.337 e. The number of carbonyl (C=O) groups excluding carboxylic acids is 3. The molecule has 23 heavy (non-hydrogen) atoms. The molecule has 0 spiro atoms. The van der Waals surface area contributed by atoms with Crippen LogP contribution in [-0.4, -0.2) is 36.3 Å². The van der Waals surface area contributed by atoms with E-state index in [0.29, 0.717) is 18.5 Å². The molecule has 0 saturated carbocycles. The second kappa shape index (κ2) is 6.04. The van der Waals surface area contributed by atoms with E-state index in [2.05, 4.69) is 4.74 Å². The van der Waals surface area contributed by atoms with Crippen LogP contribution in [0, 0.1) is 0 Å². The predicted octanol–water partition coefficient (Wildman–Crippen LogP) is 2.31. The number of methoxy groups -OCH3 is 1. The van der Waals surface area contributed by atoms with Gasteiger partial charge in [-0.2, -0.15) is 0 Å². The minimum absolute atomic E-state index is 0.256. The number of nitrogens with zero attached hydrogens (tertiary/aromatic N) is 1. The lowest BCUT2D eigenvalue weighted by Crippen LogP contribution is -2.31. The van der Waals surface area contributed by atoms with Gasteiger partial charge in [0.1, 0.15) is 0 Å². The van der Waals surface area contributed by atoms with Gasteiger partial charge in [0.05, 0.1) is 23.8 Å². The third-order valence-corrected chi connectivity index (χ3v) is 3.86. The highest BCUT2D eigenvalue weighted by Gasteiger charge is 2.35. The highest BCUT2D eigenvalue weighted by atomic mass is 16.5. The van der Waals surface area contributed by atoms with Crippen molar-refractivity contribution >= 4 is 17.8 Å². The van der Waals surface area contributed by atoms with E-state index in [1.165, 1.54) is 30.2 Å². The quantitative estimate of drug-likeness (QED) is 0.642. The van der Waals surface area contributed by atoms with Gasteiger partial charge in [-0.05, 0) is 30.2 Å². The van der Waals surface area contributed by atoms with Crippen LogP contribution >= 0.6 is 0 Å². The van der Waals surface area contributed by atoms with Crippen molar-refractivity contribution in [3.05, 3.63) is 70.8 Å². The van der Waals surface area contributed by atoms with Gasteiger partial charge in [-0.3, -0.25) is 14.5 Å². The summed E-state index contributed by atoms with van der Waals surface area (Å²) in [5, 5.41) is 0. The molecule has 2 aromatic rings. The van der Waals surface area contributed by atoms with Gasteiger partial charge in [-0.25, -0.2) is 4.79 Å². The Morgan fingerprint density at radius 1 is 1.00 bits per heavy atom. The Balaban J connectivity index is 1.81. The second-order valence-electron chi connectivity index (χ2n) is 5.25. The van der Waals surface area contributed by atoms with E-state index in [4.69, 9.17) is 0 Å². The largest absolute Gasteiger partial charge is 0.465 e. The summed E-state index contributed by atoms with van der Waals surface area (Å²) in [4.78, 5) is 37.6. The molecule has 0 aromatic heterocycles. The number of carbonyl (C=O) groups is 3. The number of hydrogen-bond donors (Lipinski definition) is 0. The van der Waals surface area contributed by atoms with Crippen LogP contribution in [0.1, 0.15) is 36.6 Å². The molecule has 5 heteroatoms. The Morgan fingerprint density at radius 3 is 2.39 bits per heavy atom. The highest BCUT2D eigenvalue weighted by Crippen LogP contribution is 2.24. The zero-order valence-electron chi connectivity index (χ0n) is 12.6. The van der Waals surface area contributed by atoms with E-state index >= 15 is 0 Å². The second-order valence-corrected chi connectivity index (χ2v) is 5.25. The summed E-state index contributed by atoms with van der Waals surface area (Å²) in [6.07, 6.45) is 0.593. The van der Waals surface area contributed by atoms with Gasteiger partial charge < -0.3 is 4.74 Å². The maximum absolute atomic E-state index is 12.4. The summed E-state index contributed by atoms with van der Waals surface area (Å²) in [5.41, 5.74) is 1.90. The summed E-state index contributed by atoms with van der Waals surface area (Å²) in [7, 11) is 1.27. The van der Waals surface area contributed by atoms with Crippen LogP contribution in [0.25, 0.3) is 0 Å². The molecule has 0 atom stereocenters. The molecule has 116 valence electrons. The molecular formula is C18H15NO4. The molecule has 2 aromatic carbocycles. The number of amides is 2. The van der Waals surface area contributed by atoms with Crippen molar-refractivity contribution < 1.29 is 19.1 Å². The fourth-order valence-electron chi connectivity index (χ4n) is 2.62. The van der Waals surface area contributed by atoms with Crippen molar-refractivity contribution in [3.8, 4) is 0 Å². The molecule has 3 rings (SSSR count). The van der Waals surface area contributed by atoms with Gasteiger partial charge in [0.25, 0.3) is 11.8 Å². The van der Waals surface area contributed by atoms with E-state index in [1.54, 1.807) is 0 Å². The van der Waals surface area contributed by atoms with Crippen molar-refractivity contribution in [1.29, 1.82) is 0 Å². The molecule has 0 bridgehead atoms. The Morgan fingerprint density at radius 2 is 1.70 bits per heavy atom. The first-order chi connectivity index (χ1) is 11.1. The molecule has 0 unspecified atom stereocenters. The maximum atomic E-state index is 12.4. The Labute approximate surface area is 133 Å². The first kappa shape index (κ1) is 15.0. The first-order valence-electron chi connectivity index (χ1n) is 7.24. The lowest BCUT2D eigenvalue weighted by molar-refractivity contribution is 0.0599. The number of esters is 1. The molecule has 1 aliphatic heterocycles. The molecule has 0 fully saturated rings. The van der Waals surface area contributed by atoms with Gasteiger partial charge in [-0.1, -0.05) is 30.3 Å². The lowest BCUT2D eigenvalue weighted by Gasteiger charge is -2.13. The summed E-state index contributed by atoms with van der Waals surface area (Å²) < 4.78 is 4.64. The van der Waals surface area contributed by atoms with Crippen LogP contribution in [0.4, 0.5) is 0 Å². The summed E-state index contributed by atoms with van der Waals surface area (Å²) in [6, 6.07) is 14.1. The van der Waals surface area contributed by atoms with E-state index in [0.717, 1.165) is 5.56 Å². The van der Waals surface area contributed by atoms with Crippen molar-refractivity contribution in [1.82, 2.24) is 4.90 Å². The van der Waals surface area contributed by atoms with Crippen molar-refractivity contribution in [3.63, 3.8) is 0 Å². The van der Waals surface area contributed by atoms with Crippen LogP contribution in [0.15, 0.2) is 48.5 Å². The van der Waals surface area contributed by atoms with Crippen molar-refractivity contribution in [2.75, 3.05) is 13.7 Å². The number of rotatable bonds is 4. The van der Waals surface area contributed by atoms with E-state index in [9.17, 15) is 14.4 Å². The number of fused-ring (bicyclic) bond motifs is 1. The minimum atomic E-state index is -0.532. The van der Waals surface area contributed by atoms with Crippen LogP contribution in [0.3, 0.4) is 0 Å². The highest BCUT2D eigenvalue weighted by molar-refractivity contribution is 6.21. The van der Waals surface area contributed by atoms with Crippen LogP contribution in [0.5, 0.6) is 0 Å². The third-order valence-electron chi connectivity index (χ3n) is 3.86. The fourth-order valence-corrected chi connectivity index (χ4v) is 2.62. The first-order valence-corrected chi connectivity index (χ1v) is 7.24. The summed E-state index contributed by atoms with van der Waals surface area (Å²) in [6.45, 7) is 0.309. The number of ether oxygens (including phenoxy) is 1. The molecular weight excluding hydrogens is 294 g/mol. The Bertz CT molecular complexity index is 783. The zero-order valence-corrected chi connectivity index (χ0v) is 12.6. The molecule has 0 aliphatic carbocycles. The lowest BCUT2D eigenvalue weighted by atomic mass is 10.1. The third kappa shape index (κ3) is 2.73.